The zero-order chi connectivity index (χ0) is 24.9. The molecule has 0 fully saturated rings. The molecule has 7 heteroatoms. The van der Waals surface area contributed by atoms with Gasteiger partial charge in [0.2, 0.25) is 0 Å². The first kappa shape index (κ1) is 23.2. The molecule has 0 unspecified atom stereocenters. The largest absolute Gasteiger partial charge is 0.497 e. The van der Waals surface area contributed by atoms with Gasteiger partial charge in [-0.25, -0.2) is 0 Å². The molecule has 0 atom stereocenters. The summed E-state index contributed by atoms with van der Waals surface area (Å²) >= 11 is 0. The van der Waals surface area contributed by atoms with E-state index >= 15 is 0 Å². The van der Waals surface area contributed by atoms with Crippen molar-refractivity contribution in [3.8, 4) is 22.8 Å². The third-order valence-electron chi connectivity index (χ3n) is 6.06. The number of nitrogens with one attached hydrogen (secondary N) is 1. The van der Waals surface area contributed by atoms with E-state index in [0.717, 1.165) is 28.4 Å². The van der Waals surface area contributed by atoms with E-state index in [9.17, 15) is 9.59 Å². The molecule has 36 heavy (non-hydrogen) atoms. The van der Waals surface area contributed by atoms with Gasteiger partial charge in [0.1, 0.15) is 23.0 Å². The molecule has 0 bridgehead atoms. The number of carbonyl (C=O) groups excluding carboxylic acids is 2. The SMILES string of the molecule is COc1ccc(C(=O)N2CCc3oc(-c4ccc(NC(=O)COc5ccccc5)cc4)cc3C2)cc1. The molecule has 1 aliphatic rings. The number of hydrogen-bond donors (Lipinski definition) is 1. The standard InChI is InChI=1S/C29H26N2O5/c1-34-24-13-9-21(10-14-24)29(33)31-16-15-26-22(18-31)17-27(36-26)20-7-11-23(12-8-20)30-28(32)19-35-25-5-3-2-4-6-25/h2-14,17H,15-16,18-19H2,1H3,(H,30,32). The van der Waals surface area contributed by atoms with Crippen molar-refractivity contribution >= 4 is 17.5 Å². The number of methoxy groups -OCH3 is 1. The number of fused-ring (bicyclic) bond motifs is 1. The molecule has 4 aromatic rings. The molecule has 1 N–H and O–H groups in total. The van der Waals surface area contributed by atoms with Crippen molar-refractivity contribution in [1.82, 2.24) is 4.90 Å². The molecule has 3 aromatic carbocycles. The second-order valence-corrected chi connectivity index (χ2v) is 8.49. The number of carbonyl (C=O) groups is 2. The number of benzene rings is 3. The van der Waals surface area contributed by atoms with Crippen LogP contribution in [0.5, 0.6) is 11.5 Å². The monoisotopic (exact) mass is 482 g/mol. The summed E-state index contributed by atoms with van der Waals surface area (Å²) < 4.78 is 16.8. The van der Waals surface area contributed by atoms with Crippen molar-refractivity contribution in [3.63, 3.8) is 0 Å². The molecule has 2 heterocycles. The molecule has 5 rings (SSSR count). The van der Waals surface area contributed by atoms with E-state index in [2.05, 4.69) is 5.32 Å². The van der Waals surface area contributed by atoms with Crippen LogP contribution in [0.1, 0.15) is 21.7 Å². The summed E-state index contributed by atoms with van der Waals surface area (Å²) in [4.78, 5) is 27.0. The number of para-hydroxylation sites is 1. The van der Waals surface area contributed by atoms with Gasteiger partial charge in [-0.15, -0.1) is 0 Å². The van der Waals surface area contributed by atoms with Gasteiger partial charge in [-0.3, -0.25) is 9.59 Å². The Balaban J connectivity index is 1.20. The maximum absolute atomic E-state index is 12.9. The maximum atomic E-state index is 12.9. The predicted octanol–water partition coefficient (Wildman–Crippen LogP) is 5.17. The van der Waals surface area contributed by atoms with E-state index in [0.29, 0.717) is 36.5 Å². The Morgan fingerprint density at radius 2 is 1.69 bits per heavy atom. The second kappa shape index (κ2) is 10.4. The van der Waals surface area contributed by atoms with Crippen LogP contribution in [0.15, 0.2) is 89.3 Å². The van der Waals surface area contributed by atoms with E-state index in [-0.39, 0.29) is 18.4 Å². The van der Waals surface area contributed by atoms with Gasteiger partial charge < -0.3 is 24.1 Å². The molecule has 0 radical (unpaired) electrons. The Labute approximate surface area is 209 Å². The van der Waals surface area contributed by atoms with Crippen molar-refractivity contribution in [2.45, 2.75) is 13.0 Å². The van der Waals surface area contributed by atoms with Crippen LogP contribution in [0.3, 0.4) is 0 Å². The lowest BCUT2D eigenvalue weighted by atomic mass is 10.1. The highest BCUT2D eigenvalue weighted by molar-refractivity contribution is 5.94. The van der Waals surface area contributed by atoms with Gasteiger partial charge in [0.25, 0.3) is 11.8 Å². The average Bonchev–Trinajstić information content (AvgIpc) is 3.36. The molecule has 0 spiro atoms. The lowest BCUT2D eigenvalue weighted by molar-refractivity contribution is -0.118. The Morgan fingerprint density at radius 3 is 2.42 bits per heavy atom. The van der Waals surface area contributed by atoms with Crippen LogP contribution in [0.25, 0.3) is 11.3 Å². The van der Waals surface area contributed by atoms with Crippen LogP contribution in [0.4, 0.5) is 5.69 Å². The maximum Gasteiger partial charge on any atom is 0.262 e. The van der Waals surface area contributed by atoms with Crippen LogP contribution in [-0.4, -0.2) is 37.0 Å². The first-order valence-corrected chi connectivity index (χ1v) is 11.7. The van der Waals surface area contributed by atoms with E-state index in [1.165, 1.54) is 0 Å². The average molecular weight is 483 g/mol. The normalized spacial score (nSPS) is 12.5. The number of ether oxygens (including phenoxy) is 2. The summed E-state index contributed by atoms with van der Waals surface area (Å²) in [6, 6.07) is 25.8. The van der Waals surface area contributed by atoms with Gasteiger partial charge >= 0.3 is 0 Å². The highest BCUT2D eigenvalue weighted by Crippen LogP contribution is 2.31. The fraction of sp³-hybridized carbons (Fsp3) is 0.172. The molecule has 0 saturated carbocycles. The summed E-state index contributed by atoms with van der Waals surface area (Å²) in [6.45, 7) is 1.03. The van der Waals surface area contributed by atoms with Crippen LogP contribution >= 0.6 is 0 Å². The van der Waals surface area contributed by atoms with Gasteiger partial charge in [0.05, 0.1) is 7.11 Å². The summed E-state index contributed by atoms with van der Waals surface area (Å²) in [6.07, 6.45) is 0.660. The fourth-order valence-corrected chi connectivity index (χ4v) is 4.15. The van der Waals surface area contributed by atoms with Crippen molar-refractivity contribution in [3.05, 3.63) is 102 Å². The van der Waals surface area contributed by atoms with E-state index in [1.54, 1.807) is 43.5 Å². The van der Waals surface area contributed by atoms with Crippen molar-refractivity contribution in [2.24, 2.45) is 0 Å². The van der Waals surface area contributed by atoms with E-state index < -0.39 is 0 Å². The molecule has 182 valence electrons. The summed E-state index contributed by atoms with van der Waals surface area (Å²) in [5, 5.41) is 2.83. The minimum Gasteiger partial charge on any atom is -0.497 e. The van der Waals surface area contributed by atoms with Crippen molar-refractivity contribution in [2.75, 3.05) is 25.6 Å². The minimum atomic E-state index is -0.235. The zero-order valence-electron chi connectivity index (χ0n) is 19.9. The van der Waals surface area contributed by atoms with Gasteiger partial charge in [-0.2, -0.15) is 0 Å². The third-order valence-corrected chi connectivity index (χ3v) is 6.06. The highest BCUT2D eigenvalue weighted by Gasteiger charge is 2.25. The van der Waals surface area contributed by atoms with Gasteiger partial charge in [0.15, 0.2) is 6.61 Å². The number of furan rings is 1. The minimum absolute atomic E-state index is 0.0117. The van der Waals surface area contributed by atoms with Crippen LogP contribution in [-0.2, 0) is 17.8 Å². The molecule has 1 aliphatic heterocycles. The summed E-state index contributed by atoms with van der Waals surface area (Å²) in [5.74, 6) is 2.76. The van der Waals surface area contributed by atoms with E-state index in [1.807, 2.05) is 53.4 Å². The summed E-state index contributed by atoms with van der Waals surface area (Å²) in [5.41, 5.74) is 3.22. The number of anilines is 1. The summed E-state index contributed by atoms with van der Waals surface area (Å²) in [7, 11) is 1.60. The predicted molar refractivity (Wildman–Crippen MR) is 136 cm³/mol. The van der Waals surface area contributed by atoms with Gasteiger partial charge in [-0.1, -0.05) is 18.2 Å². The number of hydrogen-bond acceptors (Lipinski definition) is 5. The lowest BCUT2D eigenvalue weighted by Crippen LogP contribution is -2.35. The number of nitrogens with zero attached hydrogens (tertiary/aromatic N) is 1. The Morgan fingerprint density at radius 1 is 0.944 bits per heavy atom. The smallest absolute Gasteiger partial charge is 0.262 e. The Kier molecular flexibility index (Phi) is 6.71. The number of rotatable bonds is 7. The highest BCUT2D eigenvalue weighted by atomic mass is 16.5. The van der Waals surface area contributed by atoms with Crippen molar-refractivity contribution in [1.29, 1.82) is 0 Å². The van der Waals surface area contributed by atoms with Crippen LogP contribution in [0, 0.1) is 0 Å². The topological polar surface area (TPSA) is 81.0 Å². The third kappa shape index (κ3) is 5.25. The van der Waals surface area contributed by atoms with E-state index in [4.69, 9.17) is 13.9 Å². The fourth-order valence-electron chi connectivity index (χ4n) is 4.15. The molecule has 0 aliphatic carbocycles. The second-order valence-electron chi connectivity index (χ2n) is 8.49. The van der Waals surface area contributed by atoms with Gasteiger partial charge in [0, 0.05) is 41.9 Å². The molecule has 0 saturated heterocycles. The van der Waals surface area contributed by atoms with Gasteiger partial charge in [-0.05, 0) is 66.7 Å². The Bertz CT molecular complexity index is 1340. The Hall–Kier alpha value is -4.52. The first-order chi connectivity index (χ1) is 17.6. The molecular formula is C29H26N2O5. The quantitative estimate of drug-likeness (QED) is 0.393. The molecule has 1 aromatic heterocycles. The molecular weight excluding hydrogens is 456 g/mol. The first-order valence-electron chi connectivity index (χ1n) is 11.7. The van der Waals surface area contributed by atoms with Crippen LogP contribution < -0.4 is 14.8 Å². The van der Waals surface area contributed by atoms with Crippen molar-refractivity contribution < 1.29 is 23.5 Å². The van der Waals surface area contributed by atoms with Crippen LogP contribution in [0.2, 0.25) is 0 Å². The lowest BCUT2D eigenvalue weighted by Gasteiger charge is -2.26. The molecule has 2 amide bonds. The zero-order valence-corrected chi connectivity index (χ0v) is 19.9. The number of amides is 2. The molecule has 7 nitrogen and oxygen atoms in total.